The van der Waals surface area contributed by atoms with Crippen LogP contribution in [0.5, 0.6) is 0 Å². The first-order valence-electron chi connectivity index (χ1n) is 6.25. The maximum Gasteiger partial charge on any atom is 0.161 e. The zero-order valence-corrected chi connectivity index (χ0v) is 11.6. The van der Waals surface area contributed by atoms with Crippen LogP contribution in [0.1, 0.15) is 26.3 Å². The second kappa shape index (κ2) is 5.58. The van der Waals surface area contributed by atoms with E-state index in [1.807, 2.05) is 11.8 Å². The van der Waals surface area contributed by atoms with Gasteiger partial charge in [0, 0.05) is 11.4 Å². The number of aryl methyl sites for hydroxylation is 1. The highest BCUT2D eigenvalue weighted by molar-refractivity contribution is 8.14. The van der Waals surface area contributed by atoms with Gasteiger partial charge in [0.15, 0.2) is 5.17 Å². The van der Waals surface area contributed by atoms with Gasteiger partial charge in [-0.2, -0.15) is 0 Å². The Morgan fingerprint density at radius 3 is 2.94 bits per heavy atom. The van der Waals surface area contributed by atoms with Crippen LogP contribution in [0.3, 0.4) is 0 Å². The maximum atomic E-state index is 4.71. The number of anilines is 1. The number of hydrogen-bond donors (Lipinski definition) is 1. The van der Waals surface area contributed by atoms with Crippen LogP contribution in [0, 0.1) is 5.92 Å². The van der Waals surface area contributed by atoms with Crippen LogP contribution in [0.4, 0.5) is 5.69 Å². The predicted octanol–water partition coefficient (Wildman–Crippen LogP) is 3.79. The van der Waals surface area contributed by atoms with E-state index in [1.54, 1.807) is 0 Å². The van der Waals surface area contributed by atoms with Crippen molar-refractivity contribution in [1.29, 1.82) is 0 Å². The molecule has 1 aromatic rings. The molecule has 0 unspecified atom stereocenters. The van der Waals surface area contributed by atoms with Gasteiger partial charge in [0.1, 0.15) is 0 Å². The van der Waals surface area contributed by atoms with Gasteiger partial charge in [0.05, 0.1) is 6.04 Å². The summed E-state index contributed by atoms with van der Waals surface area (Å²) in [6.45, 7) is 6.64. The van der Waals surface area contributed by atoms with Gasteiger partial charge in [0.2, 0.25) is 0 Å². The molecule has 1 aliphatic rings. The first-order valence-corrected chi connectivity index (χ1v) is 7.24. The highest BCUT2D eigenvalue weighted by Gasteiger charge is 2.20. The first-order chi connectivity index (χ1) is 8.19. The number of thioether (sulfide) groups is 1. The van der Waals surface area contributed by atoms with Crippen molar-refractivity contribution in [2.45, 2.75) is 33.2 Å². The van der Waals surface area contributed by atoms with Crippen molar-refractivity contribution >= 4 is 22.6 Å². The first kappa shape index (κ1) is 12.5. The SMILES string of the molecule is CCc1cccc(NC2=N[C@@H](C(C)C)CS2)c1. The lowest BCUT2D eigenvalue weighted by molar-refractivity contribution is 0.543. The summed E-state index contributed by atoms with van der Waals surface area (Å²) in [6, 6.07) is 9.03. The van der Waals surface area contributed by atoms with E-state index < -0.39 is 0 Å². The zero-order valence-electron chi connectivity index (χ0n) is 10.7. The molecule has 0 aromatic heterocycles. The van der Waals surface area contributed by atoms with Crippen LogP contribution >= 0.6 is 11.8 Å². The molecule has 0 saturated heterocycles. The molecule has 1 heterocycles. The van der Waals surface area contributed by atoms with Gasteiger partial charge in [-0.3, -0.25) is 4.99 Å². The Kier molecular flexibility index (Phi) is 4.11. The lowest BCUT2D eigenvalue weighted by atomic mass is 10.1. The molecule has 3 heteroatoms. The molecule has 17 heavy (non-hydrogen) atoms. The lowest BCUT2D eigenvalue weighted by Gasteiger charge is -2.08. The normalized spacial score (nSPS) is 19.5. The average Bonchev–Trinajstić information content (AvgIpc) is 2.78. The molecule has 1 atom stereocenters. The molecule has 0 bridgehead atoms. The van der Waals surface area contributed by atoms with Crippen molar-refractivity contribution in [3.05, 3.63) is 29.8 Å². The number of nitrogens with one attached hydrogen (secondary N) is 1. The molecule has 0 amide bonds. The lowest BCUT2D eigenvalue weighted by Crippen LogP contribution is -2.12. The fourth-order valence-electron chi connectivity index (χ4n) is 1.79. The van der Waals surface area contributed by atoms with Crippen molar-refractivity contribution in [1.82, 2.24) is 0 Å². The Balaban J connectivity index is 2.04. The molecule has 1 aromatic carbocycles. The van der Waals surface area contributed by atoms with Crippen LogP contribution in [0.25, 0.3) is 0 Å². The van der Waals surface area contributed by atoms with E-state index in [4.69, 9.17) is 4.99 Å². The van der Waals surface area contributed by atoms with E-state index in [0.29, 0.717) is 12.0 Å². The zero-order chi connectivity index (χ0) is 12.3. The van der Waals surface area contributed by atoms with Crippen LogP contribution in [0.2, 0.25) is 0 Å². The number of benzene rings is 1. The van der Waals surface area contributed by atoms with Crippen molar-refractivity contribution in [3.8, 4) is 0 Å². The van der Waals surface area contributed by atoms with E-state index >= 15 is 0 Å². The van der Waals surface area contributed by atoms with Gasteiger partial charge < -0.3 is 5.32 Å². The molecule has 1 aliphatic heterocycles. The average molecular weight is 248 g/mol. The van der Waals surface area contributed by atoms with E-state index in [1.165, 1.54) is 5.56 Å². The summed E-state index contributed by atoms with van der Waals surface area (Å²) in [5.41, 5.74) is 2.51. The Bertz CT molecular complexity index is 412. The number of rotatable bonds is 3. The fraction of sp³-hybridized carbons (Fsp3) is 0.500. The van der Waals surface area contributed by atoms with Gasteiger partial charge in [0.25, 0.3) is 0 Å². The third-order valence-electron chi connectivity index (χ3n) is 3.03. The third-order valence-corrected chi connectivity index (χ3v) is 4.02. The Morgan fingerprint density at radius 1 is 1.47 bits per heavy atom. The van der Waals surface area contributed by atoms with Crippen molar-refractivity contribution in [2.24, 2.45) is 10.9 Å². The maximum absolute atomic E-state index is 4.71. The van der Waals surface area contributed by atoms with Gasteiger partial charge in [-0.05, 0) is 30.0 Å². The molecule has 0 fully saturated rings. The van der Waals surface area contributed by atoms with Gasteiger partial charge in [-0.1, -0.05) is 44.7 Å². The number of nitrogens with zero attached hydrogens (tertiary/aromatic N) is 1. The summed E-state index contributed by atoms with van der Waals surface area (Å²) in [5, 5.41) is 4.48. The van der Waals surface area contributed by atoms with Crippen molar-refractivity contribution in [3.63, 3.8) is 0 Å². The smallest absolute Gasteiger partial charge is 0.161 e. The summed E-state index contributed by atoms with van der Waals surface area (Å²) in [6.07, 6.45) is 1.07. The second-order valence-corrected chi connectivity index (χ2v) is 5.74. The van der Waals surface area contributed by atoms with Gasteiger partial charge in [-0.15, -0.1) is 0 Å². The fourth-order valence-corrected chi connectivity index (χ4v) is 2.98. The molecule has 92 valence electrons. The minimum absolute atomic E-state index is 0.469. The monoisotopic (exact) mass is 248 g/mol. The molecule has 2 nitrogen and oxygen atoms in total. The Hall–Kier alpha value is -0.960. The minimum Gasteiger partial charge on any atom is -0.335 e. The standard InChI is InChI=1S/C14H20N2S/c1-4-11-6-5-7-12(8-11)15-14-16-13(9-17-14)10(2)3/h5-8,10,13H,4,9H2,1-3H3,(H,15,16)/t13-/m1/s1. The quantitative estimate of drug-likeness (QED) is 0.880. The molecule has 1 N–H and O–H groups in total. The van der Waals surface area contributed by atoms with Gasteiger partial charge >= 0.3 is 0 Å². The third kappa shape index (κ3) is 3.25. The molecule has 0 spiro atoms. The van der Waals surface area contributed by atoms with Crippen LogP contribution in [-0.2, 0) is 6.42 Å². The van der Waals surface area contributed by atoms with Crippen molar-refractivity contribution < 1.29 is 0 Å². The van der Waals surface area contributed by atoms with Gasteiger partial charge in [-0.25, -0.2) is 0 Å². The highest BCUT2D eigenvalue weighted by atomic mass is 32.2. The molecular weight excluding hydrogens is 228 g/mol. The summed E-state index contributed by atoms with van der Waals surface area (Å²) in [7, 11) is 0. The minimum atomic E-state index is 0.469. The summed E-state index contributed by atoms with van der Waals surface area (Å²) in [4.78, 5) is 4.71. The molecule has 0 aliphatic carbocycles. The highest BCUT2D eigenvalue weighted by Crippen LogP contribution is 2.24. The number of hydrogen-bond acceptors (Lipinski definition) is 3. The van der Waals surface area contributed by atoms with Crippen molar-refractivity contribution in [2.75, 3.05) is 11.1 Å². The predicted molar refractivity (Wildman–Crippen MR) is 78.0 cm³/mol. The number of amidine groups is 1. The topological polar surface area (TPSA) is 24.4 Å². The van der Waals surface area contributed by atoms with Crippen LogP contribution in [0.15, 0.2) is 29.3 Å². The Morgan fingerprint density at radius 2 is 2.29 bits per heavy atom. The molecule has 2 rings (SSSR count). The van der Waals surface area contributed by atoms with E-state index in [2.05, 4.69) is 50.4 Å². The summed E-state index contributed by atoms with van der Waals surface area (Å²) in [5.74, 6) is 1.73. The van der Waals surface area contributed by atoms with Crippen LogP contribution < -0.4 is 5.32 Å². The molecular formula is C14H20N2S. The molecule has 0 radical (unpaired) electrons. The number of aliphatic imine (C=N–C) groups is 1. The largest absolute Gasteiger partial charge is 0.335 e. The summed E-state index contributed by atoms with van der Waals surface area (Å²) < 4.78 is 0. The summed E-state index contributed by atoms with van der Waals surface area (Å²) >= 11 is 1.83. The second-order valence-electron chi connectivity index (χ2n) is 4.74. The van der Waals surface area contributed by atoms with Crippen LogP contribution in [-0.4, -0.2) is 17.0 Å². The van der Waals surface area contributed by atoms with E-state index in [9.17, 15) is 0 Å². The Labute approximate surface area is 108 Å². The van der Waals surface area contributed by atoms with E-state index in [0.717, 1.165) is 23.0 Å². The van der Waals surface area contributed by atoms with E-state index in [-0.39, 0.29) is 0 Å². The molecule has 0 saturated carbocycles.